The van der Waals surface area contributed by atoms with Crippen molar-refractivity contribution in [3.8, 4) is 44.5 Å². The van der Waals surface area contributed by atoms with E-state index in [2.05, 4.69) is 206 Å². The maximum Gasteiger partial charge on any atom is -0.00201 e. The van der Waals surface area contributed by atoms with Crippen molar-refractivity contribution in [2.24, 2.45) is 0 Å². The molecule has 0 heterocycles. The van der Waals surface area contributed by atoms with Crippen LogP contribution in [0.3, 0.4) is 0 Å². The molecule has 0 unspecified atom stereocenters. The largest absolute Gasteiger partial charge is 0.0622 e. The van der Waals surface area contributed by atoms with Crippen molar-refractivity contribution in [3.05, 3.63) is 206 Å². The highest BCUT2D eigenvalue weighted by Gasteiger charge is 2.21. The van der Waals surface area contributed by atoms with Gasteiger partial charge in [0.1, 0.15) is 0 Å². The van der Waals surface area contributed by atoms with Crippen molar-refractivity contribution in [1.29, 1.82) is 0 Å². The molecule has 11 aromatic carbocycles. The van der Waals surface area contributed by atoms with Gasteiger partial charge in [-0.2, -0.15) is 0 Å². The van der Waals surface area contributed by atoms with Gasteiger partial charge in [0.15, 0.2) is 0 Å². The van der Waals surface area contributed by atoms with Crippen molar-refractivity contribution in [3.63, 3.8) is 0 Å². The average molecular weight is 683 g/mol. The molecule has 11 rings (SSSR count). The van der Waals surface area contributed by atoms with Crippen molar-refractivity contribution in [2.75, 3.05) is 0 Å². The van der Waals surface area contributed by atoms with E-state index in [1.54, 1.807) is 0 Å². The Bertz CT molecular complexity index is 3220. The lowest BCUT2D eigenvalue weighted by Gasteiger charge is -2.21. The smallest absolute Gasteiger partial charge is 0.00201 e. The van der Waals surface area contributed by atoms with E-state index in [-0.39, 0.29) is 0 Å². The highest BCUT2D eigenvalue weighted by molar-refractivity contribution is 6.35. The van der Waals surface area contributed by atoms with Crippen LogP contribution in [-0.4, -0.2) is 0 Å². The molecule has 0 nitrogen and oxygen atoms in total. The standard InChI is InChI=1S/C54H34/c1-5-17-35(18-6-1)44-31-46-43-30-29-37-21-13-14-26-40(37)54(43)49-34-51-50(33-48(49)47(46)32-45(44)36-19-7-2-8-20-36)52(38-22-9-3-10-23-38)41-27-15-16-28-42(41)53(51)39-24-11-4-12-25-39/h1-34H. The molecule has 0 saturated heterocycles. The lowest BCUT2D eigenvalue weighted by Crippen LogP contribution is -1.93. The summed E-state index contributed by atoms with van der Waals surface area (Å²) < 4.78 is 0. The van der Waals surface area contributed by atoms with Gasteiger partial charge in [0, 0.05) is 0 Å². The van der Waals surface area contributed by atoms with Crippen molar-refractivity contribution >= 4 is 64.6 Å². The predicted octanol–water partition coefficient (Wildman–Crippen LogP) is 15.3. The highest BCUT2D eigenvalue weighted by Crippen LogP contribution is 2.49. The van der Waals surface area contributed by atoms with Crippen LogP contribution in [-0.2, 0) is 0 Å². The van der Waals surface area contributed by atoms with Gasteiger partial charge in [-0.3, -0.25) is 0 Å². The van der Waals surface area contributed by atoms with Crippen LogP contribution >= 0.6 is 0 Å². The first kappa shape index (κ1) is 30.6. The Hall–Kier alpha value is -7.02. The number of hydrogen-bond donors (Lipinski definition) is 0. The zero-order valence-electron chi connectivity index (χ0n) is 29.6. The molecule has 0 aliphatic heterocycles. The molecule has 0 aromatic heterocycles. The second-order valence-electron chi connectivity index (χ2n) is 14.4. The average Bonchev–Trinajstić information content (AvgIpc) is 3.25. The van der Waals surface area contributed by atoms with E-state index in [4.69, 9.17) is 0 Å². The van der Waals surface area contributed by atoms with Crippen LogP contribution in [0.4, 0.5) is 0 Å². The van der Waals surface area contributed by atoms with Gasteiger partial charge >= 0.3 is 0 Å². The Balaban J connectivity index is 1.41. The van der Waals surface area contributed by atoms with Crippen LogP contribution in [0.15, 0.2) is 206 Å². The molecule has 0 bridgehead atoms. The maximum atomic E-state index is 2.52. The molecule has 0 aliphatic carbocycles. The summed E-state index contributed by atoms with van der Waals surface area (Å²) in [5.41, 5.74) is 9.92. The minimum Gasteiger partial charge on any atom is -0.0622 e. The minimum atomic E-state index is 1.22. The predicted molar refractivity (Wildman–Crippen MR) is 233 cm³/mol. The van der Waals surface area contributed by atoms with E-state index in [9.17, 15) is 0 Å². The third kappa shape index (κ3) is 4.71. The topological polar surface area (TPSA) is 0 Å². The normalized spacial score (nSPS) is 11.7. The molecule has 0 saturated carbocycles. The lowest BCUT2D eigenvalue weighted by atomic mass is 9.82. The number of benzene rings is 11. The van der Waals surface area contributed by atoms with Gasteiger partial charge in [-0.25, -0.2) is 0 Å². The Morgan fingerprint density at radius 1 is 0.204 bits per heavy atom. The Morgan fingerprint density at radius 3 is 1.11 bits per heavy atom. The molecule has 250 valence electrons. The van der Waals surface area contributed by atoms with E-state index < -0.39 is 0 Å². The summed E-state index contributed by atoms with van der Waals surface area (Å²) in [7, 11) is 0. The van der Waals surface area contributed by atoms with Crippen LogP contribution in [0.25, 0.3) is 109 Å². The highest BCUT2D eigenvalue weighted by atomic mass is 14.2. The summed E-state index contributed by atoms with van der Waals surface area (Å²) in [6.07, 6.45) is 0. The van der Waals surface area contributed by atoms with Crippen molar-refractivity contribution in [1.82, 2.24) is 0 Å². The fraction of sp³-hybridized carbons (Fsp3) is 0. The zero-order valence-corrected chi connectivity index (χ0v) is 29.6. The summed E-state index contributed by atoms with van der Waals surface area (Å²) in [5.74, 6) is 0. The van der Waals surface area contributed by atoms with E-state index >= 15 is 0 Å². The first-order valence-corrected chi connectivity index (χ1v) is 18.8. The summed E-state index contributed by atoms with van der Waals surface area (Å²) >= 11 is 0. The molecule has 0 N–H and O–H groups in total. The monoisotopic (exact) mass is 682 g/mol. The van der Waals surface area contributed by atoms with Gasteiger partial charge in [0.25, 0.3) is 0 Å². The molecule has 54 heavy (non-hydrogen) atoms. The second-order valence-corrected chi connectivity index (χ2v) is 14.4. The molecule has 0 fully saturated rings. The Labute approximate surface area is 314 Å². The molecule has 0 amide bonds. The number of hydrogen-bond acceptors (Lipinski definition) is 0. The molecular formula is C54H34. The van der Waals surface area contributed by atoms with E-state index in [1.807, 2.05) is 0 Å². The van der Waals surface area contributed by atoms with Crippen molar-refractivity contribution < 1.29 is 0 Å². The number of fused-ring (bicyclic) bond motifs is 10. The SMILES string of the molecule is c1ccc(-c2cc3c(cc2-c2ccccc2)c2ccc4ccccc4c2c2cc4c(-c5ccccc5)c5ccccc5c(-c5ccccc5)c4cc32)cc1. The summed E-state index contributed by atoms with van der Waals surface area (Å²) in [6.45, 7) is 0. The third-order valence-corrected chi connectivity index (χ3v) is 11.4. The van der Waals surface area contributed by atoms with Crippen LogP contribution in [0.1, 0.15) is 0 Å². The zero-order chi connectivity index (χ0) is 35.6. The summed E-state index contributed by atoms with van der Waals surface area (Å²) in [5, 5.41) is 15.3. The van der Waals surface area contributed by atoms with Gasteiger partial charge in [0.05, 0.1) is 0 Å². The third-order valence-electron chi connectivity index (χ3n) is 11.4. The fourth-order valence-electron chi connectivity index (χ4n) is 9.03. The van der Waals surface area contributed by atoms with Gasteiger partial charge in [-0.05, 0) is 133 Å². The summed E-state index contributed by atoms with van der Waals surface area (Å²) in [4.78, 5) is 0. The first-order valence-electron chi connectivity index (χ1n) is 18.8. The van der Waals surface area contributed by atoms with Crippen LogP contribution in [0, 0.1) is 0 Å². The van der Waals surface area contributed by atoms with Gasteiger partial charge in [-0.15, -0.1) is 0 Å². The molecule has 0 radical (unpaired) electrons. The lowest BCUT2D eigenvalue weighted by molar-refractivity contribution is 1.61. The van der Waals surface area contributed by atoms with Gasteiger partial charge in [-0.1, -0.05) is 182 Å². The van der Waals surface area contributed by atoms with E-state index in [1.165, 1.54) is 109 Å². The fourth-order valence-corrected chi connectivity index (χ4v) is 9.03. The Kier molecular flexibility index (Phi) is 6.97. The van der Waals surface area contributed by atoms with E-state index in [0.29, 0.717) is 0 Å². The molecule has 0 spiro atoms. The number of rotatable bonds is 4. The molecular weight excluding hydrogens is 649 g/mol. The molecule has 0 atom stereocenters. The molecule has 0 aliphatic rings. The summed E-state index contributed by atoms with van der Waals surface area (Å²) in [6, 6.07) is 76.2. The quantitative estimate of drug-likeness (QED) is 0.128. The molecule has 11 aromatic rings. The van der Waals surface area contributed by atoms with Gasteiger partial charge in [0.2, 0.25) is 0 Å². The molecule has 0 heteroatoms. The van der Waals surface area contributed by atoms with Crippen LogP contribution < -0.4 is 0 Å². The second kappa shape index (κ2) is 12.3. The van der Waals surface area contributed by atoms with E-state index in [0.717, 1.165) is 0 Å². The Morgan fingerprint density at radius 2 is 0.593 bits per heavy atom. The van der Waals surface area contributed by atoms with Crippen LogP contribution in [0.2, 0.25) is 0 Å². The van der Waals surface area contributed by atoms with Crippen LogP contribution in [0.5, 0.6) is 0 Å². The van der Waals surface area contributed by atoms with Crippen molar-refractivity contribution in [2.45, 2.75) is 0 Å². The minimum absolute atomic E-state index is 1.22. The maximum absolute atomic E-state index is 2.52. The van der Waals surface area contributed by atoms with Gasteiger partial charge < -0.3 is 0 Å². The first-order chi connectivity index (χ1) is 26.8.